The molecule has 0 bridgehead atoms. The number of hydrogen-bond donors (Lipinski definition) is 4. The van der Waals surface area contributed by atoms with Crippen LogP contribution in [0.25, 0.3) is 0 Å². The van der Waals surface area contributed by atoms with Crippen molar-refractivity contribution in [3.05, 3.63) is 34.3 Å². The number of halogens is 1. The van der Waals surface area contributed by atoms with Crippen LogP contribution in [0, 0.1) is 0 Å². The Bertz CT molecular complexity index is 515. The molecule has 0 aliphatic carbocycles. The molecule has 0 spiro atoms. The van der Waals surface area contributed by atoms with Gasteiger partial charge in [0.2, 0.25) is 0 Å². The van der Waals surface area contributed by atoms with Gasteiger partial charge in [0.25, 0.3) is 0 Å². The average Bonchev–Trinajstić information content (AvgIpc) is 2.54. The summed E-state index contributed by atoms with van der Waals surface area (Å²) in [5.41, 5.74) is 0.360. The fourth-order valence-electron chi connectivity index (χ4n) is 2.64. The van der Waals surface area contributed by atoms with Gasteiger partial charge >= 0.3 is 0 Å². The van der Waals surface area contributed by atoms with Gasteiger partial charge in [-0.25, -0.2) is 0 Å². The molecule has 8 heteroatoms. The van der Waals surface area contributed by atoms with Crippen molar-refractivity contribution in [3.63, 3.8) is 0 Å². The molecule has 2 atom stereocenters. The van der Waals surface area contributed by atoms with Crippen LogP contribution in [-0.2, 0) is 35.6 Å². The summed E-state index contributed by atoms with van der Waals surface area (Å²) in [6.45, 7) is 0.353. The average molecular weight is 464 g/mol. The Labute approximate surface area is 152 Å². The van der Waals surface area contributed by atoms with Crippen molar-refractivity contribution >= 4 is 22.2 Å². The first-order valence-corrected chi connectivity index (χ1v) is 7.55. The molecule has 2 rings (SSSR count). The van der Waals surface area contributed by atoms with Crippen molar-refractivity contribution in [1.82, 2.24) is 21.3 Å². The predicted octanol–water partition coefficient (Wildman–Crippen LogP) is 0.0987. The minimum atomic E-state index is -0.923. The van der Waals surface area contributed by atoms with Crippen LogP contribution in [0.2, 0.25) is 0 Å². The second-order valence-corrected chi connectivity index (χ2v) is 5.86. The number of benzene rings is 1. The fraction of sp³-hybridized carbons (Fsp3) is 0.500. The molecule has 1 aliphatic heterocycles. The van der Waals surface area contributed by atoms with Gasteiger partial charge in [-0.2, -0.15) is 0 Å². The first kappa shape index (κ1) is 19.9. The molecule has 0 aromatic heterocycles. The number of carbonyl (C=O) groups is 1. The van der Waals surface area contributed by atoms with E-state index in [0.717, 1.165) is 16.3 Å². The van der Waals surface area contributed by atoms with Gasteiger partial charge in [0.15, 0.2) is 5.85 Å². The van der Waals surface area contributed by atoms with Crippen LogP contribution in [0.5, 0.6) is 0 Å². The van der Waals surface area contributed by atoms with Crippen molar-refractivity contribution in [2.24, 2.45) is 0 Å². The molecule has 1 saturated heterocycles. The van der Waals surface area contributed by atoms with Crippen LogP contribution < -0.4 is 21.3 Å². The first-order valence-electron chi connectivity index (χ1n) is 6.75. The zero-order valence-electron chi connectivity index (χ0n) is 12.7. The molecule has 126 valence electrons. The molecule has 22 heavy (non-hydrogen) atoms. The summed E-state index contributed by atoms with van der Waals surface area (Å²) >= 11 is 3.47. The van der Waals surface area contributed by atoms with Crippen LogP contribution in [0.4, 0.5) is 0 Å². The predicted molar refractivity (Wildman–Crippen MR) is 84.7 cm³/mol. The van der Waals surface area contributed by atoms with Gasteiger partial charge < -0.3 is 9.53 Å². The maximum absolute atomic E-state index is 11.5. The van der Waals surface area contributed by atoms with E-state index in [1.54, 1.807) is 14.1 Å². The molecule has 6 nitrogen and oxygen atoms in total. The third-order valence-electron chi connectivity index (χ3n) is 3.98. The number of hydrogen-bond acceptors (Lipinski definition) is 6. The summed E-state index contributed by atoms with van der Waals surface area (Å²) in [5.74, 6) is -0.923. The molecule has 1 aromatic rings. The number of carbonyl (C=O) groups excluding carboxylic acids is 1. The Balaban J connectivity index is 0.00000242. The summed E-state index contributed by atoms with van der Waals surface area (Å²) in [6, 6.07) is 7.34. The van der Waals surface area contributed by atoms with E-state index in [2.05, 4.69) is 37.2 Å². The monoisotopic (exact) mass is 462 g/mol. The van der Waals surface area contributed by atoms with E-state index in [0.29, 0.717) is 6.61 Å². The zero-order chi connectivity index (χ0) is 15.5. The van der Waals surface area contributed by atoms with Crippen molar-refractivity contribution < 1.29 is 30.0 Å². The van der Waals surface area contributed by atoms with Crippen LogP contribution >= 0.6 is 15.9 Å². The number of aldehydes is 1. The zero-order valence-corrected chi connectivity index (χ0v) is 15.8. The minimum Gasteiger partial charge on any atom is -0.342 e. The molecule has 1 heterocycles. The van der Waals surface area contributed by atoms with E-state index in [-0.39, 0.29) is 20.4 Å². The molecule has 4 N–H and O–H groups in total. The Morgan fingerprint density at radius 2 is 2.00 bits per heavy atom. The van der Waals surface area contributed by atoms with Crippen molar-refractivity contribution in [3.8, 4) is 0 Å². The Kier molecular flexibility index (Phi) is 7.31. The molecular formula is C14H21BrN4O2Pd. The van der Waals surface area contributed by atoms with Gasteiger partial charge in [0, 0.05) is 24.9 Å². The molecule has 0 amide bonds. The van der Waals surface area contributed by atoms with E-state index in [9.17, 15) is 4.79 Å². The quantitative estimate of drug-likeness (QED) is 0.282. The smallest absolute Gasteiger partial charge is 0.197 e. The van der Waals surface area contributed by atoms with Gasteiger partial charge in [-0.3, -0.25) is 21.3 Å². The first-order chi connectivity index (χ1) is 10.1. The molecule has 0 saturated carbocycles. The largest absolute Gasteiger partial charge is 0.342 e. The van der Waals surface area contributed by atoms with E-state index in [1.165, 1.54) is 0 Å². The third-order valence-corrected chi connectivity index (χ3v) is 4.47. The Morgan fingerprint density at radius 3 is 2.50 bits per heavy atom. The summed E-state index contributed by atoms with van der Waals surface area (Å²) < 4.78 is 6.95. The molecule has 0 radical (unpaired) electrons. The van der Waals surface area contributed by atoms with Crippen LogP contribution in [-0.4, -0.2) is 45.9 Å². The summed E-state index contributed by atoms with van der Waals surface area (Å²) in [6.07, 6.45) is 0.843. The van der Waals surface area contributed by atoms with Crippen molar-refractivity contribution in [2.75, 3.05) is 27.7 Å². The molecule has 1 unspecified atom stereocenters. The van der Waals surface area contributed by atoms with Gasteiger partial charge in [0.1, 0.15) is 18.0 Å². The maximum Gasteiger partial charge on any atom is 0.197 e. The van der Waals surface area contributed by atoms with Gasteiger partial charge in [-0.15, -0.1) is 0 Å². The van der Waals surface area contributed by atoms with Gasteiger partial charge in [-0.1, -0.05) is 28.1 Å². The SMILES string of the molecule is CNC1(NC)OC[C@](NC)(c2cccc(Br)c2)NC1C=O.[Pd]. The summed E-state index contributed by atoms with van der Waals surface area (Å²) in [5, 5.41) is 12.6. The Morgan fingerprint density at radius 1 is 1.32 bits per heavy atom. The molecular weight excluding hydrogens is 443 g/mol. The van der Waals surface area contributed by atoms with E-state index in [1.807, 2.05) is 31.3 Å². The summed E-state index contributed by atoms with van der Waals surface area (Å²) in [4.78, 5) is 11.5. The normalized spacial score (nSPS) is 27.0. The number of rotatable bonds is 5. The van der Waals surface area contributed by atoms with Crippen LogP contribution in [0.3, 0.4) is 0 Å². The number of morpholine rings is 1. The van der Waals surface area contributed by atoms with Crippen molar-refractivity contribution in [2.45, 2.75) is 17.6 Å². The standard InChI is InChI=1S/C14H21BrN4O2.Pd/c1-16-13(10-5-4-6-11(15)7-10)9-21-14(17-2,18-3)12(8-20)19-13;/h4-8,12,16-19H,9H2,1-3H3;/t12?,13-;/m1./s1. The third kappa shape index (κ3) is 3.50. The fourth-order valence-corrected chi connectivity index (χ4v) is 3.04. The van der Waals surface area contributed by atoms with Gasteiger partial charge in [0.05, 0.1) is 6.61 Å². The Hall–Kier alpha value is -0.168. The maximum atomic E-state index is 11.5. The number of nitrogens with one attached hydrogen (secondary N) is 4. The summed E-state index contributed by atoms with van der Waals surface area (Å²) in [7, 11) is 5.34. The topological polar surface area (TPSA) is 74.4 Å². The molecule has 1 fully saturated rings. The van der Waals surface area contributed by atoms with Crippen LogP contribution in [0.15, 0.2) is 28.7 Å². The molecule has 1 aliphatic rings. The molecule has 1 aromatic carbocycles. The second-order valence-electron chi connectivity index (χ2n) is 4.95. The van der Waals surface area contributed by atoms with Gasteiger partial charge in [-0.05, 0) is 38.8 Å². The number of likely N-dealkylation sites (N-methyl/N-ethyl adjacent to an activating group) is 3. The van der Waals surface area contributed by atoms with E-state index >= 15 is 0 Å². The van der Waals surface area contributed by atoms with E-state index in [4.69, 9.17) is 4.74 Å². The number of ether oxygens (including phenoxy) is 1. The van der Waals surface area contributed by atoms with E-state index < -0.39 is 17.6 Å². The second kappa shape index (κ2) is 8.09. The van der Waals surface area contributed by atoms with Crippen molar-refractivity contribution in [1.29, 1.82) is 0 Å². The minimum absolute atomic E-state index is 0. The van der Waals surface area contributed by atoms with Crippen LogP contribution in [0.1, 0.15) is 5.56 Å².